The van der Waals surface area contributed by atoms with Gasteiger partial charge in [0, 0.05) is 18.4 Å². The van der Waals surface area contributed by atoms with Gasteiger partial charge in [-0.3, -0.25) is 0 Å². The second-order valence-corrected chi connectivity index (χ2v) is 7.38. The van der Waals surface area contributed by atoms with E-state index in [1.165, 1.54) is 44.6 Å². The lowest BCUT2D eigenvalue weighted by atomic mass is 10.0. The molecule has 0 saturated carbocycles. The predicted molar refractivity (Wildman–Crippen MR) is 91.1 cm³/mol. The summed E-state index contributed by atoms with van der Waals surface area (Å²) in [5.74, 6) is 0.970. The summed E-state index contributed by atoms with van der Waals surface area (Å²) in [7, 11) is 1.74. The van der Waals surface area contributed by atoms with Crippen LogP contribution in [0.2, 0.25) is 0 Å². The van der Waals surface area contributed by atoms with Crippen molar-refractivity contribution in [1.29, 1.82) is 0 Å². The Hall–Kier alpha value is -1.10. The zero-order valence-corrected chi connectivity index (χ0v) is 14.8. The van der Waals surface area contributed by atoms with Gasteiger partial charge in [-0.2, -0.15) is 0 Å². The first-order valence-corrected chi connectivity index (χ1v) is 9.10. The van der Waals surface area contributed by atoms with E-state index < -0.39 is 0 Å². The Kier molecular flexibility index (Phi) is 5.57. The maximum absolute atomic E-state index is 5.89. The molecular weight excluding hydrogens is 288 g/mol. The van der Waals surface area contributed by atoms with Gasteiger partial charge in [-0.05, 0) is 26.0 Å². The zero-order valence-electron chi connectivity index (χ0n) is 14.8. The summed E-state index contributed by atoms with van der Waals surface area (Å²) < 4.78 is 11.2. The largest absolute Gasteiger partial charge is 0.497 e. The summed E-state index contributed by atoms with van der Waals surface area (Å²) in [4.78, 5) is 3.49. The molecule has 3 rings (SSSR count). The Balaban J connectivity index is 1.50. The van der Waals surface area contributed by atoms with E-state index >= 15 is 0 Å². The molecule has 2 aliphatic rings. The van der Waals surface area contributed by atoms with Crippen molar-refractivity contribution in [2.45, 2.75) is 51.5 Å². The van der Waals surface area contributed by atoms with Gasteiger partial charge in [0.1, 0.15) is 37.6 Å². The number of quaternary nitrogens is 2. The molecule has 3 atom stereocenters. The summed E-state index contributed by atoms with van der Waals surface area (Å²) in [6.07, 6.45) is 3.51. The standard InChI is InChI=1S/C19H30N2O2/c1-15-12-21(13-16(2)23-15)18-7-9-20(10-8-18)14-17-5-4-6-19(11-17)22-3/h4-6,11,15-16,18H,7-10,12-14H2,1-3H3/p+2/t15-,16+. The SMILES string of the molecule is COc1cccc(C[NH+]2CCC([NH+]3C[C@@H](C)O[C@@H](C)C3)CC2)c1. The highest BCUT2D eigenvalue weighted by Crippen LogP contribution is 2.12. The van der Waals surface area contributed by atoms with Gasteiger partial charge >= 0.3 is 0 Å². The molecule has 2 N–H and O–H groups in total. The lowest BCUT2D eigenvalue weighted by Crippen LogP contribution is -3.22. The Morgan fingerprint density at radius 1 is 1.13 bits per heavy atom. The molecule has 2 heterocycles. The average Bonchev–Trinajstić information content (AvgIpc) is 2.55. The molecular formula is C19H32N2O2+2. The first-order valence-electron chi connectivity index (χ1n) is 9.10. The molecule has 1 unspecified atom stereocenters. The van der Waals surface area contributed by atoms with E-state index in [1.54, 1.807) is 16.9 Å². The third kappa shape index (κ3) is 4.46. The molecule has 2 saturated heterocycles. The molecule has 1 aromatic rings. The number of ether oxygens (including phenoxy) is 2. The van der Waals surface area contributed by atoms with E-state index in [2.05, 4.69) is 32.0 Å². The van der Waals surface area contributed by atoms with E-state index in [-0.39, 0.29) is 0 Å². The molecule has 0 aromatic heterocycles. The lowest BCUT2D eigenvalue weighted by Gasteiger charge is -2.39. The van der Waals surface area contributed by atoms with E-state index in [1.807, 2.05) is 6.07 Å². The van der Waals surface area contributed by atoms with Crippen LogP contribution in [-0.2, 0) is 11.3 Å². The van der Waals surface area contributed by atoms with Crippen molar-refractivity contribution in [3.8, 4) is 5.75 Å². The average molecular weight is 320 g/mol. The minimum atomic E-state index is 0.413. The van der Waals surface area contributed by atoms with Crippen LogP contribution in [0.15, 0.2) is 24.3 Å². The minimum Gasteiger partial charge on any atom is -0.497 e. The number of hydrogen-bond acceptors (Lipinski definition) is 2. The van der Waals surface area contributed by atoms with E-state index in [4.69, 9.17) is 9.47 Å². The van der Waals surface area contributed by atoms with Crippen molar-refractivity contribution >= 4 is 0 Å². The van der Waals surface area contributed by atoms with Gasteiger partial charge in [0.25, 0.3) is 0 Å². The van der Waals surface area contributed by atoms with Crippen LogP contribution in [0.3, 0.4) is 0 Å². The number of rotatable bonds is 4. The zero-order chi connectivity index (χ0) is 16.2. The van der Waals surface area contributed by atoms with E-state index in [0.717, 1.165) is 18.3 Å². The molecule has 1 aromatic carbocycles. The fourth-order valence-electron chi connectivity index (χ4n) is 4.33. The van der Waals surface area contributed by atoms with Gasteiger partial charge in [-0.15, -0.1) is 0 Å². The van der Waals surface area contributed by atoms with Crippen LogP contribution in [-0.4, -0.2) is 51.5 Å². The highest BCUT2D eigenvalue weighted by Gasteiger charge is 2.35. The minimum absolute atomic E-state index is 0.413. The lowest BCUT2D eigenvalue weighted by molar-refractivity contribution is -0.970. The van der Waals surface area contributed by atoms with Crippen LogP contribution in [0.4, 0.5) is 0 Å². The van der Waals surface area contributed by atoms with Gasteiger partial charge in [-0.1, -0.05) is 12.1 Å². The topological polar surface area (TPSA) is 27.3 Å². The van der Waals surface area contributed by atoms with Gasteiger partial charge in [0.15, 0.2) is 0 Å². The van der Waals surface area contributed by atoms with Crippen LogP contribution in [0.25, 0.3) is 0 Å². The molecule has 0 radical (unpaired) electrons. The first-order chi connectivity index (χ1) is 11.1. The number of nitrogens with one attached hydrogen (secondary N) is 2. The molecule has 23 heavy (non-hydrogen) atoms. The summed E-state index contributed by atoms with van der Waals surface area (Å²) in [6, 6.07) is 9.35. The number of likely N-dealkylation sites (tertiary alicyclic amines) is 1. The third-order valence-corrected chi connectivity index (χ3v) is 5.42. The Bertz CT molecular complexity index is 490. The third-order valence-electron chi connectivity index (χ3n) is 5.42. The number of morpholine rings is 1. The fraction of sp³-hybridized carbons (Fsp3) is 0.684. The molecule has 0 aliphatic carbocycles. The summed E-state index contributed by atoms with van der Waals surface area (Å²) in [5.41, 5.74) is 1.39. The maximum Gasteiger partial charge on any atom is 0.119 e. The highest BCUT2D eigenvalue weighted by atomic mass is 16.5. The summed E-state index contributed by atoms with van der Waals surface area (Å²) in [5, 5.41) is 0. The van der Waals surface area contributed by atoms with Crippen LogP contribution in [0, 0.1) is 0 Å². The number of hydrogen-bond donors (Lipinski definition) is 2. The van der Waals surface area contributed by atoms with Gasteiger partial charge < -0.3 is 19.3 Å². The molecule has 4 nitrogen and oxygen atoms in total. The van der Waals surface area contributed by atoms with Crippen molar-refractivity contribution in [2.75, 3.05) is 33.3 Å². The fourth-order valence-corrected chi connectivity index (χ4v) is 4.33. The monoisotopic (exact) mass is 320 g/mol. The predicted octanol–water partition coefficient (Wildman–Crippen LogP) is -0.0654. The van der Waals surface area contributed by atoms with Crippen molar-refractivity contribution in [3.63, 3.8) is 0 Å². The number of methoxy groups -OCH3 is 1. The quantitative estimate of drug-likeness (QED) is 0.813. The van der Waals surface area contributed by atoms with Gasteiger partial charge in [0.05, 0.1) is 26.2 Å². The summed E-state index contributed by atoms with van der Waals surface area (Å²) in [6.45, 7) is 10.5. The second-order valence-electron chi connectivity index (χ2n) is 7.38. The normalized spacial score (nSPS) is 35.0. The molecule has 4 heteroatoms. The maximum atomic E-state index is 5.89. The van der Waals surface area contributed by atoms with Crippen LogP contribution < -0.4 is 14.5 Å². The van der Waals surface area contributed by atoms with Crippen LogP contribution >= 0.6 is 0 Å². The second kappa shape index (κ2) is 7.65. The molecule has 0 amide bonds. The van der Waals surface area contributed by atoms with E-state index in [0.29, 0.717) is 12.2 Å². The molecule has 2 aliphatic heterocycles. The Morgan fingerprint density at radius 2 is 1.83 bits per heavy atom. The highest BCUT2D eigenvalue weighted by molar-refractivity contribution is 5.27. The van der Waals surface area contributed by atoms with Crippen LogP contribution in [0.1, 0.15) is 32.3 Å². The smallest absolute Gasteiger partial charge is 0.119 e. The van der Waals surface area contributed by atoms with Crippen molar-refractivity contribution in [2.24, 2.45) is 0 Å². The molecule has 0 spiro atoms. The summed E-state index contributed by atoms with van der Waals surface area (Å²) >= 11 is 0. The Labute approximate surface area is 140 Å². The molecule has 0 bridgehead atoms. The van der Waals surface area contributed by atoms with Crippen molar-refractivity contribution in [3.05, 3.63) is 29.8 Å². The van der Waals surface area contributed by atoms with Crippen molar-refractivity contribution in [1.82, 2.24) is 0 Å². The van der Waals surface area contributed by atoms with Crippen molar-refractivity contribution < 1.29 is 19.3 Å². The molecule has 128 valence electrons. The first kappa shape index (κ1) is 16.7. The molecule has 2 fully saturated rings. The number of piperidine rings is 1. The number of benzene rings is 1. The Morgan fingerprint density at radius 3 is 2.48 bits per heavy atom. The van der Waals surface area contributed by atoms with E-state index in [9.17, 15) is 0 Å². The van der Waals surface area contributed by atoms with Gasteiger partial charge in [-0.25, -0.2) is 0 Å². The van der Waals surface area contributed by atoms with Gasteiger partial charge in [0.2, 0.25) is 0 Å². The van der Waals surface area contributed by atoms with Crippen LogP contribution in [0.5, 0.6) is 5.75 Å².